The van der Waals surface area contributed by atoms with Crippen molar-refractivity contribution in [3.63, 3.8) is 0 Å². The van der Waals surface area contributed by atoms with Crippen LogP contribution >= 0.6 is 27.5 Å². The molecule has 1 rings (SSSR count). The second-order valence-corrected chi connectivity index (χ2v) is 5.85. The number of halogens is 2. The van der Waals surface area contributed by atoms with Crippen LogP contribution in [0, 0.1) is 6.92 Å². The van der Waals surface area contributed by atoms with E-state index >= 15 is 0 Å². The third kappa shape index (κ3) is 4.86. The monoisotopic (exact) mass is 319 g/mol. The Labute approximate surface area is 117 Å². The molecule has 0 heterocycles. The summed E-state index contributed by atoms with van der Waals surface area (Å²) in [6.07, 6.45) is 0.0924. The van der Waals surface area contributed by atoms with Gasteiger partial charge in [-0.3, -0.25) is 0 Å². The average Bonchev–Trinajstić information content (AvgIpc) is 2.20. The number of benzene rings is 1. The molecule has 1 aromatic rings. The highest BCUT2D eigenvalue weighted by atomic mass is 79.9. The van der Waals surface area contributed by atoms with Gasteiger partial charge in [-0.1, -0.05) is 41.4 Å². The van der Waals surface area contributed by atoms with Gasteiger partial charge in [-0.25, -0.2) is 0 Å². The standard InChI is InChI=1S/C13H19BrClNO/c1-8(2)16-7-10(4)17-13-9(3)5-11(14)6-12(13)15/h5-6,8,10,16H,7H2,1-4H3. The van der Waals surface area contributed by atoms with Crippen LogP contribution in [-0.4, -0.2) is 18.7 Å². The number of ether oxygens (including phenoxy) is 1. The van der Waals surface area contributed by atoms with E-state index in [0.717, 1.165) is 22.3 Å². The van der Waals surface area contributed by atoms with Crippen molar-refractivity contribution in [1.29, 1.82) is 0 Å². The summed E-state index contributed by atoms with van der Waals surface area (Å²) in [5.74, 6) is 0.771. The van der Waals surface area contributed by atoms with E-state index in [9.17, 15) is 0 Å². The van der Waals surface area contributed by atoms with Gasteiger partial charge in [0.2, 0.25) is 0 Å². The van der Waals surface area contributed by atoms with E-state index in [0.29, 0.717) is 11.1 Å². The predicted molar refractivity (Wildman–Crippen MR) is 77.1 cm³/mol. The molecule has 0 radical (unpaired) electrons. The number of rotatable bonds is 5. The maximum absolute atomic E-state index is 6.17. The molecule has 1 atom stereocenters. The van der Waals surface area contributed by atoms with Crippen molar-refractivity contribution in [2.75, 3.05) is 6.54 Å². The van der Waals surface area contributed by atoms with Crippen LogP contribution in [0.3, 0.4) is 0 Å². The first-order valence-electron chi connectivity index (χ1n) is 5.76. The summed E-state index contributed by atoms with van der Waals surface area (Å²) in [6, 6.07) is 4.32. The zero-order valence-electron chi connectivity index (χ0n) is 10.7. The van der Waals surface area contributed by atoms with E-state index in [4.69, 9.17) is 16.3 Å². The molecule has 4 heteroatoms. The fraction of sp³-hybridized carbons (Fsp3) is 0.538. The van der Waals surface area contributed by atoms with Gasteiger partial charge in [0, 0.05) is 17.1 Å². The van der Waals surface area contributed by atoms with Crippen molar-refractivity contribution in [1.82, 2.24) is 5.32 Å². The topological polar surface area (TPSA) is 21.3 Å². The van der Waals surface area contributed by atoms with Crippen LogP contribution < -0.4 is 10.1 Å². The van der Waals surface area contributed by atoms with Gasteiger partial charge in [0.1, 0.15) is 11.9 Å². The van der Waals surface area contributed by atoms with Crippen LogP contribution in [-0.2, 0) is 0 Å². The van der Waals surface area contributed by atoms with Crippen LogP contribution in [0.15, 0.2) is 16.6 Å². The lowest BCUT2D eigenvalue weighted by atomic mass is 10.2. The van der Waals surface area contributed by atoms with Gasteiger partial charge in [-0.15, -0.1) is 0 Å². The summed E-state index contributed by atoms with van der Waals surface area (Å²) < 4.78 is 6.84. The minimum absolute atomic E-state index is 0.0924. The molecule has 0 aliphatic heterocycles. The van der Waals surface area contributed by atoms with Crippen LogP contribution in [0.2, 0.25) is 5.02 Å². The Balaban J connectivity index is 2.68. The average molecular weight is 321 g/mol. The van der Waals surface area contributed by atoms with Crippen LogP contribution in [0.25, 0.3) is 0 Å². The lowest BCUT2D eigenvalue weighted by Crippen LogP contribution is -2.33. The van der Waals surface area contributed by atoms with Crippen molar-refractivity contribution in [2.24, 2.45) is 0 Å². The minimum atomic E-state index is 0.0924. The highest BCUT2D eigenvalue weighted by Gasteiger charge is 2.11. The molecule has 1 unspecified atom stereocenters. The van der Waals surface area contributed by atoms with E-state index in [2.05, 4.69) is 35.1 Å². The smallest absolute Gasteiger partial charge is 0.141 e. The Kier molecular flexibility index (Phi) is 5.77. The van der Waals surface area contributed by atoms with E-state index in [-0.39, 0.29) is 6.10 Å². The minimum Gasteiger partial charge on any atom is -0.488 e. The number of nitrogens with one attached hydrogen (secondary N) is 1. The van der Waals surface area contributed by atoms with Gasteiger partial charge in [0.05, 0.1) is 5.02 Å². The Morgan fingerprint density at radius 3 is 2.53 bits per heavy atom. The normalized spacial score (nSPS) is 12.9. The summed E-state index contributed by atoms with van der Waals surface area (Å²) in [5.41, 5.74) is 1.04. The van der Waals surface area contributed by atoms with Gasteiger partial charge in [-0.05, 0) is 31.5 Å². The fourth-order valence-electron chi connectivity index (χ4n) is 1.48. The van der Waals surface area contributed by atoms with E-state index in [1.165, 1.54) is 0 Å². The summed E-state index contributed by atoms with van der Waals surface area (Å²) in [4.78, 5) is 0. The summed E-state index contributed by atoms with van der Waals surface area (Å²) in [5, 5.41) is 3.99. The summed E-state index contributed by atoms with van der Waals surface area (Å²) >= 11 is 9.58. The molecule has 0 fully saturated rings. The number of hydrogen-bond acceptors (Lipinski definition) is 2. The van der Waals surface area contributed by atoms with Crippen molar-refractivity contribution in [3.05, 3.63) is 27.2 Å². The lowest BCUT2D eigenvalue weighted by molar-refractivity contribution is 0.212. The molecular formula is C13H19BrClNO. The van der Waals surface area contributed by atoms with Gasteiger partial charge in [-0.2, -0.15) is 0 Å². The molecule has 0 aromatic heterocycles. The lowest BCUT2D eigenvalue weighted by Gasteiger charge is -2.19. The molecule has 0 amide bonds. The SMILES string of the molecule is Cc1cc(Br)cc(Cl)c1OC(C)CNC(C)C. The highest BCUT2D eigenvalue weighted by molar-refractivity contribution is 9.10. The summed E-state index contributed by atoms with van der Waals surface area (Å²) in [6.45, 7) is 9.07. The van der Waals surface area contributed by atoms with E-state index < -0.39 is 0 Å². The molecule has 0 saturated heterocycles. The Hall–Kier alpha value is -0.250. The first-order chi connectivity index (χ1) is 7.90. The number of hydrogen-bond donors (Lipinski definition) is 1. The Morgan fingerprint density at radius 2 is 2.00 bits per heavy atom. The van der Waals surface area contributed by atoms with Gasteiger partial charge in [0.15, 0.2) is 0 Å². The van der Waals surface area contributed by atoms with Crippen molar-refractivity contribution < 1.29 is 4.74 Å². The first kappa shape index (κ1) is 14.8. The van der Waals surface area contributed by atoms with Gasteiger partial charge >= 0.3 is 0 Å². The van der Waals surface area contributed by atoms with Gasteiger partial charge < -0.3 is 10.1 Å². The van der Waals surface area contributed by atoms with Crippen molar-refractivity contribution in [2.45, 2.75) is 39.8 Å². The molecule has 2 nitrogen and oxygen atoms in total. The zero-order valence-corrected chi connectivity index (χ0v) is 13.0. The van der Waals surface area contributed by atoms with Crippen LogP contribution in [0.1, 0.15) is 26.3 Å². The molecule has 96 valence electrons. The third-order valence-electron chi connectivity index (χ3n) is 2.33. The maximum atomic E-state index is 6.17. The van der Waals surface area contributed by atoms with Crippen LogP contribution in [0.5, 0.6) is 5.75 Å². The predicted octanol–water partition coefficient (Wildman–Crippen LogP) is 4.18. The molecule has 1 aromatic carbocycles. The van der Waals surface area contributed by atoms with E-state index in [1.54, 1.807) is 0 Å². The number of aryl methyl sites for hydroxylation is 1. The fourth-order valence-corrected chi connectivity index (χ4v) is 2.50. The van der Waals surface area contributed by atoms with E-state index in [1.807, 2.05) is 26.0 Å². The Bertz CT molecular complexity index is 359. The first-order valence-corrected chi connectivity index (χ1v) is 6.93. The molecule has 0 aliphatic rings. The Morgan fingerprint density at radius 1 is 1.35 bits per heavy atom. The zero-order chi connectivity index (χ0) is 13.0. The second-order valence-electron chi connectivity index (χ2n) is 4.53. The maximum Gasteiger partial charge on any atom is 0.141 e. The molecule has 17 heavy (non-hydrogen) atoms. The highest BCUT2D eigenvalue weighted by Crippen LogP contribution is 2.32. The molecule has 0 saturated carbocycles. The van der Waals surface area contributed by atoms with Crippen molar-refractivity contribution >= 4 is 27.5 Å². The van der Waals surface area contributed by atoms with Crippen molar-refractivity contribution in [3.8, 4) is 5.75 Å². The third-order valence-corrected chi connectivity index (χ3v) is 3.07. The quantitative estimate of drug-likeness (QED) is 0.879. The van der Waals surface area contributed by atoms with Gasteiger partial charge in [0.25, 0.3) is 0 Å². The molecule has 0 bridgehead atoms. The van der Waals surface area contributed by atoms with Crippen LogP contribution in [0.4, 0.5) is 0 Å². The second kappa shape index (κ2) is 6.62. The molecular weight excluding hydrogens is 302 g/mol. The molecule has 0 aliphatic carbocycles. The molecule has 1 N–H and O–H groups in total. The molecule has 0 spiro atoms. The summed E-state index contributed by atoms with van der Waals surface area (Å²) in [7, 11) is 0. The largest absolute Gasteiger partial charge is 0.488 e.